The summed E-state index contributed by atoms with van der Waals surface area (Å²) in [5.41, 5.74) is 4.78. The van der Waals surface area contributed by atoms with Crippen LogP contribution >= 0.6 is 11.6 Å². The average molecular weight is 251 g/mol. The minimum Gasteiger partial charge on any atom is -0.481 e. The normalized spacial score (nSPS) is 10.8. The fraction of sp³-hybridized carbons (Fsp3) is 0.333. The van der Waals surface area contributed by atoms with E-state index in [1.165, 1.54) is 0 Å². The number of aliphatic carboxylic acids is 1. The highest BCUT2D eigenvalue weighted by molar-refractivity contribution is 6.17. The number of carbonyl (C=O) groups is 1. The molecule has 0 aromatic carbocycles. The van der Waals surface area contributed by atoms with Crippen molar-refractivity contribution >= 4 is 23.3 Å². The minimum absolute atomic E-state index is 0.0247. The zero-order chi connectivity index (χ0) is 12.3. The Morgan fingerprint density at radius 1 is 1.62 bits per heavy atom. The molecule has 0 spiro atoms. The Morgan fingerprint density at radius 3 is 2.69 bits per heavy atom. The van der Waals surface area contributed by atoms with Crippen LogP contribution in [0, 0.1) is 0 Å². The number of nitrogen functional groups attached to an aromatic ring is 1. The van der Waals surface area contributed by atoms with E-state index in [1.54, 1.807) is 0 Å². The second-order valence-electron chi connectivity index (χ2n) is 3.06. The zero-order valence-electron chi connectivity index (χ0n) is 8.08. The Labute approximate surface area is 95.0 Å². The van der Waals surface area contributed by atoms with Gasteiger partial charge in [-0.05, 0) is 0 Å². The summed E-state index contributed by atoms with van der Waals surface area (Å²) < 4.78 is 25.3. The summed E-state index contributed by atoms with van der Waals surface area (Å²) in [6.07, 6.45) is -2.11. The molecule has 16 heavy (non-hydrogen) atoms. The fourth-order valence-corrected chi connectivity index (χ4v) is 1.49. The van der Waals surface area contributed by atoms with Crippen LogP contribution in [-0.2, 0) is 17.1 Å². The van der Waals surface area contributed by atoms with Crippen LogP contribution in [0.5, 0.6) is 0 Å². The monoisotopic (exact) mass is 250 g/mol. The molecule has 0 radical (unpaired) electrons. The number of halogens is 3. The SMILES string of the molecule is Nc1c(CC(=O)O)cnc(CCl)c1C(F)F. The lowest BCUT2D eigenvalue weighted by Gasteiger charge is -2.12. The van der Waals surface area contributed by atoms with Gasteiger partial charge in [0.15, 0.2) is 0 Å². The molecule has 0 aliphatic carbocycles. The first-order chi connectivity index (χ1) is 7.47. The summed E-state index contributed by atoms with van der Waals surface area (Å²) in [4.78, 5) is 14.1. The molecule has 3 N–H and O–H groups in total. The standard InChI is InChI=1S/C9H9ClF2N2O2/c10-2-5-7(9(11)12)8(13)4(3-14-5)1-6(15)16/h3,9H,1-2H2,(H2,13,14)(H,15,16). The van der Waals surface area contributed by atoms with Gasteiger partial charge in [0, 0.05) is 17.4 Å². The highest BCUT2D eigenvalue weighted by Gasteiger charge is 2.20. The molecule has 0 amide bonds. The molecular formula is C9H9ClF2N2O2. The molecule has 0 saturated carbocycles. The highest BCUT2D eigenvalue weighted by Crippen LogP contribution is 2.30. The maximum Gasteiger partial charge on any atom is 0.307 e. The molecule has 4 nitrogen and oxygen atoms in total. The van der Waals surface area contributed by atoms with Gasteiger partial charge in [0.25, 0.3) is 6.43 Å². The number of hydrogen-bond donors (Lipinski definition) is 2. The van der Waals surface area contributed by atoms with Crippen molar-refractivity contribution < 1.29 is 18.7 Å². The largest absolute Gasteiger partial charge is 0.481 e. The predicted octanol–water partition coefficient (Wildman–Crippen LogP) is 1.97. The molecule has 0 aliphatic heterocycles. The van der Waals surface area contributed by atoms with Crippen molar-refractivity contribution in [2.24, 2.45) is 0 Å². The maximum absolute atomic E-state index is 12.7. The minimum atomic E-state index is -2.82. The number of anilines is 1. The molecule has 0 aliphatic rings. The van der Waals surface area contributed by atoms with Gasteiger partial charge in [-0.1, -0.05) is 0 Å². The van der Waals surface area contributed by atoms with E-state index in [0.717, 1.165) is 6.20 Å². The van der Waals surface area contributed by atoms with Crippen LogP contribution in [0.25, 0.3) is 0 Å². The molecule has 0 bridgehead atoms. The first-order valence-electron chi connectivity index (χ1n) is 4.29. The number of carboxylic acids is 1. The lowest BCUT2D eigenvalue weighted by Crippen LogP contribution is -2.09. The van der Waals surface area contributed by atoms with Crippen LogP contribution in [0.1, 0.15) is 23.2 Å². The molecule has 1 heterocycles. The van der Waals surface area contributed by atoms with Gasteiger partial charge in [-0.2, -0.15) is 0 Å². The zero-order valence-corrected chi connectivity index (χ0v) is 8.84. The van der Waals surface area contributed by atoms with Gasteiger partial charge in [-0.15, -0.1) is 11.6 Å². The quantitative estimate of drug-likeness (QED) is 0.801. The summed E-state index contributed by atoms with van der Waals surface area (Å²) in [5, 5.41) is 8.55. The van der Waals surface area contributed by atoms with Crippen LogP contribution in [0.4, 0.5) is 14.5 Å². The smallest absolute Gasteiger partial charge is 0.307 e. The second-order valence-corrected chi connectivity index (χ2v) is 3.33. The molecule has 0 atom stereocenters. The summed E-state index contributed by atoms with van der Waals surface area (Å²) >= 11 is 5.44. The van der Waals surface area contributed by atoms with E-state index in [1.807, 2.05) is 0 Å². The molecule has 1 aromatic rings. The van der Waals surface area contributed by atoms with Crippen molar-refractivity contribution in [2.45, 2.75) is 18.7 Å². The van der Waals surface area contributed by atoms with Gasteiger partial charge in [-0.25, -0.2) is 8.78 Å². The van der Waals surface area contributed by atoms with Crippen molar-refractivity contribution in [1.82, 2.24) is 4.98 Å². The van der Waals surface area contributed by atoms with E-state index in [4.69, 9.17) is 22.4 Å². The molecule has 88 valence electrons. The molecular weight excluding hydrogens is 242 g/mol. The van der Waals surface area contributed by atoms with Gasteiger partial charge in [-0.3, -0.25) is 9.78 Å². The van der Waals surface area contributed by atoms with E-state index in [9.17, 15) is 13.6 Å². The third-order valence-corrected chi connectivity index (χ3v) is 2.26. The Morgan fingerprint density at radius 2 is 2.25 bits per heavy atom. The number of alkyl halides is 3. The average Bonchev–Trinajstić information content (AvgIpc) is 2.19. The molecule has 1 aromatic heterocycles. The molecule has 7 heteroatoms. The first kappa shape index (κ1) is 12.6. The van der Waals surface area contributed by atoms with E-state index in [-0.39, 0.29) is 22.8 Å². The molecule has 0 fully saturated rings. The van der Waals surface area contributed by atoms with Gasteiger partial charge in [0.1, 0.15) is 0 Å². The van der Waals surface area contributed by atoms with Crippen LogP contribution < -0.4 is 5.73 Å². The van der Waals surface area contributed by atoms with Crippen molar-refractivity contribution in [3.8, 4) is 0 Å². The number of rotatable bonds is 4. The topological polar surface area (TPSA) is 76.2 Å². The van der Waals surface area contributed by atoms with E-state index >= 15 is 0 Å². The van der Waals surface area contributed by atoms with E-state index in [0.29, 0.717) is 0 Å². The van der Waals surface area contributed by atoms with Crippen molar-refractivity contribution in [1.29, 1.82) is 0 Å². The number of carboxylic acid groups (broad SMARTS) is 1. The van der Waals surface area contributed by atoms with E-state index in [2.05, 4.69) is 4.98 Å². The Kier molecular flexibility index (Phi) is 4.00. The predicted molar refractivity (Wildman–Crippen MR) is 54.5 cm³/mol. The lowest BCUT2D eigenvalue weighted by atomic mass is 10.1. The van der Waals surface area contributed by atoms with Crippen LogP contribution in [0.2, 0.25) is 0 Å². The fourth-order valence-electron chi connectivity index (χ4n) is 1.28. The summed E-state index contributed by atoms with van der Waals surface area (Å²) in [6.45, 7) is 0. The van der Waals surface area contributed by atoms with Crippen LogP contribution in [0.15, 0.2) is 6.20 Å². The van der Waals surface area contributed by atoms with Gasteiger partial charge in [0.05, 0.1) is 23.6 Å². The Balaban J connectivity index is 3.26. The van der Waals surface area contributed by atoms with Crippen molar-refractivity contribution in [3.05, 3.63) is 23.0 Å². The van der Waals surface area contributed by atoms with Crippen LogP contribution in [-0.4, -0.2) is 16.1 Å². The molecule has 0 saturated heterocycles. The van der Waals surface area contributed by atoms with Crippen LogP contribution in [0.3, 0.4) is 0 Å². The second kappa shape index (κ2) is 5.07. The number of hydrogen-bond acceptors (Lipinski definition) is 3. The number of nitrogens with zero attached hydrogens (tertiary/aromatic N) is 1. The third kappa shape index (κ3) is 2.57. The summed E-state index contributed by atoms with van der Waals surface area (Å²) in [6, 6.07) is 0. The highest BCUT2D eigenvalue weighted by atomic mass is 35.5. The van der Waals surface area contributed by atoms with Gasteiger partial charge < -0.3 is 10.8 Å². The van der Waals surface area contributed by atoms with Crippen molar-refractivity contribution in [3.63, 3.8) is 0 Å². The Hall–Kier alpha value is -1.43. The maximum atomic E-state index is 12.7. The Bertz CT molecular complexity index is 413. The lowest BCUT2D eigenvalue weighted by molar-refractivity contribution is -0.136. The number of nitrogens with two attached hydrogens (primary N) is 1. The summed E-state index contributed by atoms with van der Waals surface area (Å²) in [5.74, 6) is -1.36. The van der Waals surface area contributed by atoms with Crippen molar-refractivity contribution in [2.75, 3.05) is 5.73 Å². The van der Waals surface area contributed by atoms with Gasteiger partial charge in [0.2, 0.25) is 0 Å². The summed E-state index contributed by atoms with van der Waals surface area (Å²) in [7, 11) is 0. The third-order valence-electron chi connectivity index (χ3n) is 2.01. The van der Waals surface area contributed by atoms with Gasteiger partial charge >= 0.3 is 5.97 Å². The van der Waals surface area contributed by atoms with E-state index < -0.39 is 24.4 Å². The molecule has 0 unspecified atom stereocenters. The first-order valence-corrected chi connectivity index (χ1v) is 4.82. The number of aromatic nitrogens is 1. The number of pyridine rings is 1. The molecule has 1 rings (SSSR count).